The fourth-order valence-electron chi connectivity index (χ4n) is 5.08. The molecule has 2 aliphatic carbocycles. The van der Waals surface area contributed by atoms with Crippen LogP contribution in [0.15, 0.2) is 36.2 Å². The van der Waals surface area contributed by atoms with Gasteiger partial charge in [-0.15, -0.1) is 0 Å². The second-order valence-corrected chi connectivity index (χ2v) is 10.1. The number of hydrogen-bond acceptors (Lipinski definition) is 8. The van der Waals surface area contributed by atoms with Gasteiger partial charge in [-0.3, -0.25) is 9.89 Å². The van der Waals surface area contributed by atoms with E-state index < -0.39 is 6.17 Å². The molecule has 10 nitrogen and oxygen atoms in total. The molecule has 6 rings (SSSR count). The van der Waals surface area contributed by atoms with Crippen molar-refractivity contribution < 1.29 is 13.9 Å². The highest BCUT2D eigenvalue weighted by Crippen LogP contribution is 2.38. The number of aromatic amines is 1. The van der Waals surface area contributed by atoms with E-state index in [1.165, 1.54) is 0 Å². The number of carbonyl (C=O) groups is 1. The summed E-state index contributed by atoms with van der Waals surface area (Å²) in [6, 6.07) is 7.60. The molecule has 0 radical (unpaired) electrons. The van der Waals surface area contributed by atoms with Crippen LogP contribution in [-0.2, 0) is 0 Å². The average Bonchev–Trinajstić information content (AvgIpc) is 3.54. The van der Waals surface area contributed by atoms with E-state index in [2.05, 4.69) is 43.5 Å². The third kappa shape index (κ3) is 4.71. The number of nitrogens with zero attached hydrogens (tertiary/aromatic N) is 6. The Hall–Kier alpha value is -4.07. The van der Waals surface area contributed by atoms with Crippen LogP contribution in [-0.4, -0.2) is 56.9 Å². The number of rotatable bonds is 7. The number of alkyl halides is 1. The summed E-state index contributed by atoms with van der Waals surface area (Å²) in [5.74, 6) is 0.301. The van der Waals surface area contributed by atoms with Crippen LogP contribution in [0.2, 0.25) is 0 Å². The number of hydrogen-bond donors (Lipinski definition) is 2. The van der Waals surface area contributed by atoms with E-state index in [9.17, 15) is 4.79 Å². The zero-order chi connectivity index (χ0) is 25.5. The van der Waals surface area contributed by atoms with Gasteiger partial charge in [0.15, 0.2) is 5.65 Å². The van der Waals surface area contributed by atoms with Crippen LogP contribution in [0.3, 0.4) is 0 Å². The lowest BCUT2D eigenvalue weighted by Gasteiger charge is -2.35. The molecule has 2 N–H and O–H groups in total. The first-order valence-electron chi connectivity index (χ1n) is 12.6. The average molecular weight is 503 g/mol. The summed E-state index contributed by atoms with van der Waals surface area (Å²) in [7, 11) is 0. The predicted octanol–water partition coefficient (Wildman–Crippen LogP) is 3.27. The van der Waals surface area contributed by atoms with Gasteiger partial charge in [0.25, 0.3) is 5.91 Å². The Morgan fingerprint density at radius 1 is 1.41 bits per heavy atom. The monoisotopic (exact) mass is 502 g/mol. The van der Waals surface area contributed by atoms with Gasteiger partial charge in [-0.2, -0.15) is 20.3 Å². The third-order valence-electron chi connectivity index (χ3n) is 7.34. The van der Waals surface area contributed by atoms with Crippen molar-refractivity contribution in [1.29, 1.82) is 5.26 Å². The minimum absolute atomic E-state index is 0.0152. The first kappa shape index (κ1) is 23.3. The maximum Gasteiger partial charge on any atom is 0.319 e. The summed E-state index contributed by atoms with van der Waals surface area (Å²) in [5.41, 5.74) is 2.35. The van der Waals surface area contributed by atoms with Gasteiger partial charge in [0.05, 0.1) is 30.8 Å². The van der Waals surface area contributed by atoms with Crippen LogP contribution in [0.4, 0.5) is 10.2 Å². The second-order valence-electron chi connectivity index (χ2n) is 10.1. The fraction of sp³-hybridized carbons (Fsp3) is 0.462. The smallest absolute Gasteiger partial charge is 0.319 e. The molecule has 1 saturated carbocycles. The minimum atomic E-state index is -1.18. The van der Waals surface area contributed by atoms with Crippen molar-refractivity contribution in [2.45, 2.75) is 38.3 Å². The van der Waals surface area contributed by atoms with Crippen molar-refractivity contribution in [1.82, 2.24) is 30.5 Å². The third-order valence-corrected chi connectivity index (χ3v) is 7.34. The zero-order valence-electron chi connectivity index (χ0n) is 20.4. The number of ether oxygens (including phenoxy) is 1. The van der Waals surface area contributed by atoms with Crippen LogP contribution >= 0.6 is 0 Å². The number of fused-ring (bicyclic) bond motifs is 1. The highest BCUT2D eigenvalue weighted by atomic mass is 19.1. The highest BCUT2D eigenvalue weighted by molar-refractivity contribution is 5.94. The Morgan fingerprint density at radius 3 is 3.03 bits per heavy atom. The van der Waals surface area contributed by atoms with E-state index in [1.807, 2.05) is 23.1 Å². The molecule has 1 saturated heterocycles. The number of pyridine rings is 1. The van der Waals surface area contributed by atoms with Crippen LogP contribution < -0.4 is 15.0 Å². The van der Waals surface area contributed by atoms with E-state index >= 15 is 4.39 Å². The molecule has 1 aliphatic heterocycles. The normalized spacial score (nSPS) is 26.7. The van der Waals surface area contributed by atoms with Gasteiger partial charge in [0.2, 0.25) is 0 Å². The molecule has 190 valence electrons. The molecule has 11 heteroatoms. The SMILES string of the molecule is CC1C=C(NC(=O)c2cc(N3CC[C@@H](c4[nH]nc5ncccc45)[C@@H](F)C3)nc(OC[C@H]3CC3C#N)n2)C1. The summed E-state index contributed by atoms with van der Waals surface area (Å²) < 4.78 is 21.3. The Bertz CT molecular complexity index is 1420. The number of H-pyrrole nitrogens is 1. The van der Waals surface area contributed by atoms with Crippen LogP contribution in [0.5, 0.6) is 6.01 Å². The largest absolute Gasteiger partial charge is 0.463 e. The number of nitrogens with one attached hydrogen (secondary N) is 2. The molecule has 3 aromatic heterocycles. The number of anilines is 1. The Balaban J connectivity index is 1.21. The predicted molar refractivity (Wildman–Crippen MR) is 132 cm³/mol. The highest BCUT2D eigenvalue weighted by Gasteiger charge is 2.38. The van der Waals surface area contributed by atoms with E-state index in [0.29, 0.717) is 37.0 Å². The van der Waals surface area contributed by atoms with Crippen molar-refractivity contribution in [2.75, 3.05) is 24.6 Å². The van der Waals surface area contributed by atoms with Crippen molar-refractivity contribution in [3.05, 3.63) is 47.6 Å². The van der Waals surface area contributed by atoms with Crippen LogP contribution in [0.25, 0.3) is 11.0 Å². The van der Waals surface area contributed by atoms with Gasteiger partial charge in [0, 0.05) is 41.7 Å². The molecule has 5 atom stereocenters. The number of amides is 1. The number of halogens is 1. The lowest BCUT2D eigenvalue weighted by Crippen LogP contribution is -2.41. The minimum Gasteiger partial charge on any atom is -0.463 e. The number of nitriles is 1. The standard InChI is InChI=1S/C26H27FN8O2/c1-14-7-17(8-14)30-25(36)21-10-22(32-26(31-21)37-13-16-9-15(16)11-28)35-6-4-18(20(27)12-35)23-19-3-2-5-29-24(19)34-33-23/h2-3,5,7,10,14-16,18,20H,4,6,8-9,12-13H2,1H3,(H,30,36)(H,29,33,34)/t14?,15?,16-,18-,20+/m1/s1. The summed E-state index contributed by atoms with van der Waals surface area (Å²) in [6.45, 7) is 3.02. The molecule has 3 aromatic rings. The Morgan fingerprint density at radius 2 is 2.27 bits per heavy atom. The van der Waals surface area contributed by atoms with E-state index in [1.54, 1.807) is 12.3 Å². The van der Waals surface area contributed by atoms with Crippen molar-refractivity contribution in [2.24, 2.45) is 17.8 Å². The van der Waals surface area contributed by atoms with E-state index in [0.717, 1.165) is 29.6 Å². The molecular formula is C26H27FN8O2. The lowest BCUT2D eigenvalue weighted by molar-refractivity contribution is 0.0955. The molecule has 37 heavy (non-hydrogen) atoms. The topological polar surface area (TPSA) is 133 Å². The van der Waals surface area contributed by atoms with E-state index in [-0.39, 0.29) is 41.9 Å². The van der Waals surface area contributed by atoms with Gasteiger partial charge >= 0.3 is 6.01 Å². The quantitative estimate of drug-likeness (QED) is 0.503. The van der Waals surface area contributed by atoms with Gasteiger partial charge in [-0.1, -0.05) is 13.0 Å². The van der Waals surface area contributed by atoms with Crippen LogP contribution in [0.1, 0.15) is 48.3 Å². The summed E-state index contributed by atoms with van der Waals surface area (Å²) >= 11 is 0. The molecule has 0 spiro atoms. The Labute approximate surface area is 213 Å². The van der Waals surface area contributed by atoms with Gasteiger partial charge in [0.1, 0.15) is 17.7 Å². The fourth-order valence-corrected chi connectivity index (χ4v) is 5.08. The zero-order valence-corrected chi connectivity index (χ0v) is 20.4. The first-order valence-corrected chi connectivity index (χ1v) is 12.6. The molecular weight excluding hydrogens is 475 g/mol. The van der Waals surface area contributed by atoms with Crippen molar-refractivity contribution in [3.8, 4) is 12.1 Å². The molecule has 0 aromatic carbocycles. The molecule has 3 aliphatic rings. The molecule has 4 heterocycles. The molecule has 0 bridgehead atoms. The first-order chi connectivity index (χ1) is 18.0. The van der Waals surface area contributed by atoms with Crippen molar-refractivity contribution in [3.63, 3.8) is 0 Å². The van der Waals surface area contributed by atoms with Gasteiger partial charge in [-0.05, 0) is 37.3 Å². The van der Waals surface area contributed by atoms with Crippen molar-refractivity contribution >= 4 is 22.8 Å². The maximum atomic E-state index is 15.5. The number of aromatic nitrogens is 5. The van der Waals surface area contributed by atoms with Gasteiger partial charge in [-0.25, -0.2) is 9.37 Å². The van der Waals surface area contributed by atoms with E-state index in [4.69, 9.17) is 10.00 Å². The lowest BCUT2D eigenvalue weighted by atomic mass is 9.90. The molecule has 2 unspecified atom stereocenters. The van der Waals surface area contributed by atoms with Gasteiger partial charge < -0.3 is 15.0 Å². The second kappa shape index (κ2) is 9.42. The number of piperidine rings is 1. The summed E-state index contributed by atoms with van der Waals surface area (Å²) in [6.07, 6.45) is 4.60. The van der Waals surface area contributed by atoms with Crippen LogP contribution in [0, 0.1) is 29.1 Å². The summed E-state index contributed by atoms with van der Waals surface area (Å²) in [5, 5.41) is 20.0. The Kier molecular flexibility index (Phi) is 5.94. The molecule has 2 fully saturated rings. The number of allylic oxidation sites excluding steroid dienone is 2. The number of carbonyl (C=O) groups excluding carboxylic acids is 1. The maximum absolute atomic E-state index is 15.5. The molecule has 1 amide bonds. The summed E-state index contributed by atoms with van der Waals surface area (Å²) in [4.78, 5) is 27.8.